The zero-order valence-electron chi connectivity index (χ0n) is 25.4. The molecule has 13 heteroatoms. The number of nitrogens with one attached hydrogen (secondary N) is 3. The number of benzene rings is 2. The second-order valence-corrected chi connectivity index (χ2v) is 11.9. The predicted molar refractivity (Wildman–Crippen MR) is 171 cm³/mol. The van der Waals surface area contributed by atoms with E-state index in [0.29, 0.717) is 0 Å². The van der Waals surface area contributed by atoms with Gasteiger partial charge in [0, 0.05) is 55.7 Å². The first-order valence-electron chi connectivity index (χ1n) is 15.8. The zero-order valence-corrected chi connectivity index (χ0v) is 25.4. The maximum absolute atomic E-state index is 13.0. The van der Waals surface area contributed by atoms with Crippen molar-refractivity contribution in [2.24, 2.45) is 0 Å². The zero-order chi connectivity index (χ0) is 31.6. The number of piperidine rings is 1. The molecule has 1 atom stereocenters. The lowest BCUT2D eigenvalue weighted by molar-refractivity contribution is -0.136. The van der Waals surface area contributed by atoms with E-state index in [2.05, 4.69) is 43.1 Å². The molecule has 0 saturated carbocycles. The second-order valence-electron chi connectivity index (χ2n) is 11.9. The molecule has 1 unspecified atom stereocenters. The highest BCUT2D eigenvalue weighted by Gasteiger charge is 2.44. The Morgan fingerprint density at radius 1 is 0.913 bits per heavy atom. The van der Waals surface area contributed by atoms with Crippen molar-refractivity contribution in [1.29, 1.82) is 0 Å². The highest BCUT2D eigenvalue weighted by molar-refractivity contribution is 6.23. The second kappa shape index (κ2) is 12.7. The van der Waals surface area contributed by atoms with Crippen LogP contribution in [0.2, 0.25) is 0 Å². The Hall–Kier alpha value is -5.17. The van der Waals surface area contributed by atoms with E-state index in [4.69, 9.17) is 4.98 Å². The molecule has 3 aliphatic rings. The van der Waals surface area contributed by atoms with Gasteiger partial charge in [-0.15, -0.1) is 0 Å². The van der Waals surface area contributed by atoms with Crippen LogP contribution in [0, 0.1) is 0 Å². The number of hydrogen-bond acceptors (Lipinski definition) is 10. The number of anilines is 2. The Morgan fingerprint density at radius 2 is 1.78 bits per heavy atom. The number of carbonyl (C=O) groups is 4. The SMILES string of the molecule is O=C1CCC(N2C(=O)c3ccc(NCCCCCCn4cc(-c5cnc6ccc(N7CCNC7)cc6n5)cn4)cc3C2=O)C(=O)N1. The number of aromatic nitrogens is 4. The summed E-state index contributed by atoms with van der Waals surface area (Å²) in [4.78, 5) is 62.4. The quantitative estimate of drug-likeness (QED) is 0.168. The highest BCUT2D eigenvalue weighted by atomic mass is 16.2. The summed E-state index contributed by atoms with van der Waals surface area (Å²) in [6.45, 7) is 4.34. The number of amides is 4. The summed E-state index contributed by atoms with van der Waals surface area (Å²) in [5.74, 6) is -2.00. The van der Waals surface area contributed by atoms with Crippen molar-refractivity contribution in [3.63, 3.8) is 0 Å². The number of rotatable bonds is 11. The van der Waals surface area contributed by atoms with Crippen molar-refractivity contribution < 1.29 is 19.2 Å². The fraction of sp³-hybridized carbons (Fsp3) is 0.364. The third kappa shape index (κ3) is 5.93. The molecule has 2 fully saturated rings. The van der Waals surface area contributed by atoms with Crippen LogP contribution < -0.4 is 20.9 Å². The monoisotopic (exact) mass is 621 g/mol. The number of hydrogen-bond donors (Lipinski definition) is 3. The van der Waals surface area contributed by atoms with Gasteiger partial charge in [0.1, 0.15) is 6.04 Å². The summed E-state index contributed by atoms with van der Waals surface area (Å²) in [6, 6.07) is 10.3. The topological polar surface area (TPSA) is 154 Å². The molecule has 4 aromatic rings. The van der Waals surface area contributed by atoms with E-state index in [1.54, 1.807) is 24.4 Å². The van der Waals surface area contributed by atoms with E-state index in [1.807, 2.05) is 23.1 Å². The van der Waals surface area contributed by atoms with Gasteiger partial charge in [-0.1, -0.05) is 12.8 Å². The number of unbranched alkanes of at least 4 members (excludes halogenated alkanes) is 3. The Morgan fingerprint density at radius 3 is 2.63 bits per heavy atom. The van der Waals surface area contributed by atoms with Gasteiger partial charge in [0.25, 0.3) is 11.8 Å². The van der Waals surface area contributed by atoms with Crippen molar-refractivity contribution in [1.82, 2.24) is 35.3 Å². The van der Waals surface area contributed by atoms with Crippen molar-refractivity contribution in [2.75, 3.05) is 36.5 Å². The van der Waals surface area contributed by atoms with Gasteiger partial charge in [0.15, 0.2) is 0 Å². The molecule has 46 heavy (non-hydrogen) atoms. The van der Waals surface area contributed by atoms with E-state index < -0.39 is 29.7 Å². The first-order chi connectivity index (χ1) is 22.4. The highest BCUT2D eigenvalue weighted by Crippen LogP contribution is 2.30. The standard InChI is InChI=1S/C33H35N9O4/c43-30-10-9-29(31(44)39-30)42-32(45)24-7-5-22(15-25(24)33(42)46)35-11-3-1-2-4-13-41-19-21(17-37-41)28-18-36-26-8-6-23(16-27(26)38-28)40-14-12-34-20-40/h5-8,15-19,29,34-35H,1-4,9-14,20H2,(H,39,43,44). The van der Waals surface area contributed by atoms with Gasteiger partial charge in [-0.2, -0.15) is 5.10 Å². The molecule has 0 spiro atoms. The number of fused-ring (bicyclic) bond motifs is 2. The van der Waals surface area contributed by atoms with Crippen LogP contribution >= 0.6 is 0 Å². The van der Waals surface area contributed by atoms with E-state index >= 15 is 0 Å². The predicted octanol–water partition coefficient (Wildman–Crippen LogP) is 2.93. The van der Waals surface area contributed by atoms with Crippen molar-refractivity contribution in [3.05, 3.63) is 66.1 Å². The van der Waals surface area contributed by atoms with Gasteiger partial charge < -0.3 is 10.2 Å². The molecule has 13 nitrogen and oxygen atoms in total. The van der Waals surface area contributed by atoms with Gasteiger partial charge in [0.2, 0.25) is 11.8 Å². The average molecular weight is 622 g/mol. The first-order valence-corrected chi connectivity index (χ1v) is 15.8. The van der Waals surface area contributed by atoms with Gasteiger partial charge in [-0.05, 0) is 55.7 Å². The lowest BCUT2D eigenvalue weighted by atomic mass is 10.0. The van der Waals surface area contributed by atoms with Crippen LogP contribution in [0.15, 0.2) is 55.0 Å². The Bertz CT molecular complexity index is 1830. The van der Waals surface area contributed by atoms with Crippen LogP contribution in [0.3, 0.4) is 0 Å². The summed E-state index contributed by atoms with van der Waals surface area (Å²) in [7, 11) is 0. The third-order valence-corrected chi connectivity index (χ3v) is 8.76. The van der Waals surface area contributed by atoms with Crippen molar-refractivity contribution in [3.8, 4) is 11.3 Å². The van der Waals surface area contributed by atoms with Crippen LogP contribution in [-0.2, 0) is 16.1 Å². The fourth-order valence-corrected chi connectivity index (χ4v) is 6.25. The summed E-state index contributed by atoms with van der Waals surface area (Å²) in [5.41, 5.74) is 5.94. The molecule has 4 amide bonds. The van der Waals surface area contributed by atoms with E-state index in [0.717, 1.165) is 97.1 Å². The van der Waals surface area contributed by atoms with Crippen molar-refractivity contribution >= 4 is 46.0 Å². The molecule has 2 aromatic carbocycles. The largest absolute Gasteiger partial charge is 0.385 e. The maximum atomic E-state index is 13.0. The molecular weight excluding hydrogens is 586 g/mol. The Balaban J connectivity index is 0.861. The smallest absolute Gasteiger partial charge is 0.262 e. The van der Waals surface area contributed by atoms with Gasteiger partial charge in [-0.25, -0.2) is 4.98 Å². The Kier molecular flexibility index (Phi) is 8.14. The first kappa shape index (κ1) is 29.5. The molecule has 2 aromatic heterocycles. The minimum absolute atomic E-state index is 0.0956. The van der Waals surface area contributed by atoms with Crippen LogP contribution in [0.1, 0.15) is 59.2 Å². The Labute approximate surface area is 265 Å². The van der Waals surface area contributed by atoms with Gasteiger partial charge >= 0.3 is 0 Å². The van der Waals surface area contributed by atoms with Crippen LogP contribution in [0.4, 0.5) is 11.4 Å². The number of carbonyl (C=O) groups excluding carboxylic acids is 4. The van der Waals surface area contributed by atoms with Crippen LogP contribution in [-0.4, -0.2) is 80.6 Å². The molecule has 0 aliphatic carbocycles. The van der Waals surface area contributed by atoms with Gasteiger partial charge in [-0.3, -0.25) is 44.4 Å². The molecule has 2 saturated heterocycles. The van der Waals surface area contributed by atoms with E-state index in [1.165, 1.54) is 0 Å². The van der Waals surface area contributed by atoms with Crippen molar-refractivity contribution in [2.45, 2.75) is 51.1 Å². The average Bonchev–Trinajstić information content (AvgIpc) is 3.82. The maximum Gasteiger partial charge on any atom is 0.262 e. The molecule has 0 bridgehead atoms. The molecule has 236 valence electrons. The number of aryl methyl sites for hydroxylation is 1. The molecular formula is C33H35N9O4. The summed E-state index contributed by atoms with van der Waals surface area (Å²) < 4.78 is 1.95. The lowest BCUT2D eigenvalue weighted by Gasteiger charge is -2.27. The van der Waals surface area contributed by atoms with Crippen LogP contribution in [0.25, 0.3) is 22.3 Å². The lowest BCUT2D eigenvalue weighted by Crippen LogP contribution is -2.54. The van der Waals surface area contributed by atoms with Gasteiger partial charge in [0.05, 0.1) is 46.9 Å². The molecule has 3 aliphatic heterocycles. The fourth-order valence-electron chi connectivity index (χ4n) is 6.25. The van der Waals surface area contributed by atoms with E-state index in [-0.39, 0.29) is 24.0 Å². The van der Waals surface area contributed by atoms with E-state index in [9.17, 15) is 19.2 Å². The van der Waals surface area contributed by atoms with Crippen LogP contribution in [0.5, 0.6) is 0 Å². The summed E-state index contributed by atoms with van der Waals surface area (Å²) in [6.07, 6.45) is 9.90. The molecule has 3 N–H and O–H groups in total. The minimum Gasteiger partial charge on any atom is -0.385 e. The number of imide groups is 2. The third-order valence-electron chi connectivity index (χ3n) is 8.76. The molecule has 0 radical (unpaired) electrons. The summed E-state index contributed by atoms with van der Waals surface area (Å²) >= 11 is 0. The molecule has 5 heterocycles. The normalized spacial score (nSPS) is 18.0. The molecule has 7 rings (SSSR count). The number of nitrogens with zero attached hydrogens (tertiary/aromatic N) is 6. The summed E-state index contributed by atoms with van der Waals surface area (Å²) in [5, 5.41) is 13.4. The minimum atomic E-state index is -0.964.